The van der Waals surface area contributed by atoms with Crippen LogP contribution in [-0.2, 0) is 6.54 Å². The molecule has 0 saturated heterocycles. The highest BCUT2D eigenvalue weighted by molar-refractivity contribution is 7.80. The van der Waals surface area contributed by atoms with Gasteiger partial charge in [0.1, 0.15) is 5.76 Å². The maximum absolute atomic E-state index is 5.82. The Bertz CT molecular complexity index is 460. The average Bonchev–Trinajstić information content (AvgIpc) is 3.19. The zero-order valence-electron chi connectivity index (χ0n) is 14.1. The van der Waals surface area contributed by atoms with Crippen LogP contribution >= 0.6 is 12.2 Å². The molecule has 128 valence electrons. The summed E-state index contributed by atoms with van der Waals surface area (Å²) >= 11 is 5.82. The van der Waals surface area contributed by atoms with Crippen LogP contribution in [0.4, 0.5) is 0 Å². The lowest BCUT2D eigenvalue weighted by Gasteiger charge is -2.33. The monoisotopic (exact) mass is 334 g/mol. The van der Waals surface area contributed by atoms with E-state index < -0.39 is 0 Å². The third-order valence-corrected chi connectivity index (χ3v) is 5.72. The molecular formula is C19H30N2OS. The standard InChI is InChI=1S/C19H30N2OS/c23-19(20-16-9-4-2-1-3-5-10-16)21(17-11-6-7-12-17)15-18-13-8-14-22-18/h8,13-14,16-17H,1-7,9-12,15H2,(H,20,23). The molecule has 0 spiro atoms. The molecule has 0 aromatic carbocycles. The van der Waals surface area contributed by atoms with Crippen LogP contribution in [-0.4, -0.2) is 22.1 Å². The maximum Gasteiger partial charge on any atom is 0.169 e. The Morgan fingerprint density at radius 2 is 1.70 bits per heavy atom. The summed E-state index contributed by atoms with van der Waals surface area (Å²) in [4.78, 5) is 2.39. The van der Waals surface area contributed by atoms with Gasteiger partial charge in [-0.15, -0.1) is 0 Å². The zero-order valence-corrected chi connectivity index (χ0v) is 15.0. The van der Waals surface area contributed by atoms with Gasteiger partial charge in [0.25, 0.3) is 0 Å². The molecule has 2 aliphatic rings. The highest BCUT2D eigenvalue weighted by Gasteiger charge is 2.26. The van der Waals surface area contributed by atoms with Crippen LogP contribution in [0.3, 0.4) is 0 Å². The number of thiocarbonyl (C=S) groups is 1. The topological polar surface area (TPSA) is 28.4 Å². The largest absolute Gasteiger partial charge is 0.467 e. The molecule has 3 nitrogen and oxygen atoms in total. The van der Waals surface area contributed by atoms with E-state index in [0.29, 0.717) is 12.1 Å². The van der Waals surface area contributed by atoms with Crippen molar-refractivity contribution in [3.8, 4) is 0 Å². The van der Waals surface area contributed by atoms with Crippen molar-refractivity contribution >= 4 is 17.3 Å². The summed E-state index contributed by atoms with van der Waals surface area (Å²) in [5, 5.41) is 4.64. The van der Waals surface area contributed by atoms with E-state index in [4.69, 9.17) is 16.6 Å². The van der Waals surface area contributed by atoms with E-state index in [1.54, 1.807) is 6.26 Å². The van der Waals surface area contributed by atoms with E-state index in [1.165, 1.54) is 70.6 Å². The number of hydrogen-bond donors (Lipinski definition) is 1. The summed E-state index contributed by atoms with van der Waals surface area (Å²) in [5.74, 6) is 1.01. The molecule has 23 heavy (non-hydrogen) atoms. The van der Waals surface area contributed by atoms with Crippen molar-refractivity contribution in [1.29, 1.82) is 0 Å². The van der Waals surface area contributed by atoms with Crippen LogP contribution in [0.1, 0.15) is 76.4 Å². The second-order valence-electron chi connectivity index (χ2n) is 7.14. The van der Waals surface area contributed by atoms with E-state index in [-0.39, 0.29) is 0 Å². The predicted octanol–water partition coefficient (Wildman–Crippen LogP) is 5.01. The third kappa shape index (κ3) is 4.97. The molecule has 0 amide bonds. The number of rotatable bonds is 4. The van der Waals surface area contributed by atoms with E-state index >= 15 is 0 Å². The molecule has 1 aromatic heterocycles. The molecule has 2 fully saturated rings. The maximum atomic E-state index is 5.82. The number of furan rings is 1. The first-order valence-corrected chi connectivity index (χ1v) is 9.83. The summed E-state index contributed by atoms with van der Waals surface area (Å²) in [6.45, 7) is 0.802. The van der Waals surface area contributed by atoms with Crippen molar-refractivity contribution in [2.24, 2.45) is 0 Å². The smallest absolute Gasteiger partial charge is 0.169 e. The minimum absolute atomic E-state index is 0.559. The first kappa shape index (κ1) is 16.8. The summed E-state index contributed by atoms with van der Waals surface area (Å²) in [6, 6.07) is 5.16. The molecule has 0 atom stereocenters. The quantitative estimate of drug-likeness (QED) is 0.783. The normalized spacial score (nSPS) is 20.9. The molecular weight excluding hydrogens is 304 g/mol. The Balaban J connectivity index is 1.61. The number of nitrogens with zero attached hydrogens (tertiary/aromatic N) is 1. The minimum atomic E-state index is 0.559. The number of hydrogen-bond acceptors (Lipinski definition) is 2. The molecule has 3 rings (SSSR count). The predicted molar refractivity (Wildman–Crippen MR) is 98.3 cm³/mol. The summed E-state index contributed by atoms with van der Waals surface area (Å²) < 4.78 is 5.57. The first-order chi connectivity index (χ1) is 11.3. The summed E-state index contributed by atoms with van der Waals surface area (Å²) in [7, 11) is 0. The fourth-order valence-electron chi connectivity index (χ4n) is 4.01. The molecule has 1 heterocycles. The van der Waals surface area contributed by atoms with Crippen LogP contribution in [0, 0.1) is 0 Å². The minimum Gasteiger partial charge on any atom is -0.467 e. The van der Waals surface area contributed by atoms with Crippen LogP contribution in [0.5, 0.6) is 0 Å². The Morgan fingerprint density at radius 1 is 1.04 bits per heavy atom. The highest BCUT2D eigenvalue weighted by atomic mass is 32.1. The lowest BCUT2D eigenvalue weighted by atomic mass is 9.97. The van der Waals surface area contributed by atoms with Crippen LogP contribution < -0.4 is 5.32 Å². The Hall–Kier alpha value is -1.03. The van der Waals surface area contributed by atoms with Crippen molar-refractivity contribution < 1.29 is 4.42 Å². The van der Waals surface area contributed by atoms with Crippen LogP contribution in [0.15, 0.2) is 22.8 Å². The van der Waals surface area contributed by atoms with E-state index in [1.807, 2.05) is 6.07 Å². The van der Waals surface area contributed by atoms with Crippen molar-refractivity contribution in [2.75, 3.05) is 0 Å². The van der Waals surface area contributed by atoms with Crippen LogP contribution in [0.2, 0.25) is 0 Å². The van der Waals surface area contributed by atoms with E-state index in [2.05, 4.69) is 16.3 Å². The Morgan fingerprint density at radius 3 is 2.35 bits per heavy atom. The molecule has 2 aliphatic carbocycles. The number of nitrogens with one attached hydrogen (secondary N) is 1. The van der Waals surface area contributed by atoms with Gasteiger partial charge >= 0.3 is 0 Å². The molecule has 0 aliphatic heterocycles. The molecule has 1 aromatic rings. The van der Waals surface area contributed by atoms with Gasteiger partial charge in [0.05, 0.1) is 12.8 Å². The molecule has 0 unspecified atom stereocenters. The molecule has 2 saturated carbocycles. The van der Waals surface area contributed by atoms with Gasteiger partial charge in [-0.1, -0.05) is 44.9 Å². The van der Waals surface area contributed by atoms with E-state index in [0.717, 1.165) is 17.4 Å². The van der Waals surface area contributed by atoms with Gasteiger partial charge in [0, 0.05) is 12.1 Å². The van der Waals surface area contributed by atoms with Crippen molar-refractivity contribution in [1.82, 2.24) is 10.2 Å². The SMILES string of the molecule is S=C(NC1CCCCCCC1)N(Cc1ccco1)C1CCCC1. The average molecular weight is 335 g/mol. The van der Waals surface area contributed by atoms with Gasteiger partial charge < -0.3 is 14.6 Å². The van der Waals surface area contributed by atoms with Gasteiger partial charge in [0.15, 0.2) is 5.11 Å². The first-order valence-electron chi connectivity index (χ1n) is 9.42. The van der Waals surface area contributed by atoms with E-state index in [9.17, 15) is 0 Å². The van der Waals surface area contributed by atoms with Gasteiger partial charge in [-0.05, 0) is 50.0 Å². The molecule has 4 heteroatoms. The van der Waals surface area contributed by atoms with Crippen molar-refractivity contribution in [3.63, 3.8) is 0 Å². The third-order valence-electron chi connectivity index (χ3n) is 5.37. The van der Waals surface area contributed by atoms with Crippen LogP contribution in [0.25, 0.3) is 0 Å². The molecule has 1 N–H and O–H groups in total. The lowest BCUT2D eigenvalue weighted by Crippen LogP contribution is -2.48. The fourth-order valence-corrected chi connectivity index (χ4v) is 4.39. The molecule has 0 radical (unpaired) electrons. The Labute approximate surface area is 145 Å². The summed E-state index contributed by atoms with van der Waals surface area (Å²) in [5.41, 5.74) is 0. The zero-order chi connectivity index (χ0) is 15.9. The van der Waals surface area contributed by atoms with Crippen molar-refractivity contribution in [3.05, 3.63) is 24.2 Å². The fraction of sp³-hybridized carbons (Fsp3) is 0.737. The highest BCUT2D eigenvalue weighted by Crippen LogP contribution is 2.26. The van der Waals surface area contributed by atoms with Gasteiger partial charge in [-0.25, -0.2) is 0 Å². The Kier molecular flexibility index (Phi) is 6.37. The van der Waals surface area contributed by atoms with Crippen molar-refractivity contribution in [2.45, 2.75) is 89.3 Å². The van der Waals surface area contributed by atoms with Gasteiger partial charge in [0.2, 0.25) is 0 Å². The summed E-state index contributed by atoms with van der Waals surface area (Å²) in [6.07, 6.45) is 16.3. The van der Waals surface area contributed by atoms with Gasteiger partial charge in [-0.2, -0.15) is 0 Å². The lowest BCUT2D eigenvalue weighted by molar-refractivity contribution is 0.273. The molecule has 0 bridgehead atoms. The van der Waals surface area contributed by atoms with Gasteiger partial charge in [-0.3, -0.25) is 0 Å². The second kappa shape index (κ2) is 8.72. The second-order valence-corrected chi connectivity index (χ2v) is 7.52.